The highest BCUT2D eigenvalue weighted by molar-refractivity contribution is 7.87. The second-order valence-electron chi connectivity index (χ2n) is 7.10. The topological polar surface area (TPSA) is 86.0 Å². The number of hydrogen-bond donors (Lipinski definition) is 0. The van der Waals surface area contributed by atoms with Gasteiger partial charge in [-0.1, -0.05) is 29.3 Å². The Hall–Kier alpha value is -2.68. The van der Waals surface area contributed by atoms with Crippen molar-refractivity contribution in [3.8, 4) is 11.5 Å². The SMILES string of the molecule is COc1ccc(CN(C(=O)c2ccco2)C(C)C)cc1OS(=O)(=O)c1ccc(Cl)c(Cl)c1. The average Bonchev–Trinajstić information content (AvgIpc) is 3.28. The van der Waals surface area contributed by atoms with E-state index in [9.17, 15) is 13.2 Å². The van der Waals surface area contributed by atoms with Crippen LogP contribution in [0, 0.1) is 0 Å². The Balaban J connectivity index is 1.91. The molecule has 0 radical (unpaired) electrons. The number of amides is 1. The molecule has 0 aliphatic carbocycles. The Kier molecular flexibility index (Phi) is 7.38. The van der Waals surface area contributed by atoms with Crippen LogP contribution in [-0.2, 0) is 16.7 Å². The Morgan fingerprint density at radius 2 is 1.81 bits per heavy atom. The Morgan fingerprint density at radius 1 is 1.06 bits per heavy atom. The van der Waals surface area contributed by atoms with Crippen LogP contribution in [0.4, 0.5) is 0 Å². The van der Waals surface area contributed by atoms with Gasteiger partial charge < -0.3 is 18.2 Å². The minimum Gasteiger partial charge on any atom is -0.493 e. The molecule has 32 heavy (non-hydrogen) atoms. The molecule has 0 unspecified atom stereocenters. The van der Waals surface area contributed by atoms with E-state index in [2.05, 4.69) is 0 Å². The maximum Gasteiger partial charge on any atom is 0.339 e. The summed E-state index contributed by atoms with van der Waals surface area (Å²) in [5.41, 5.74) is 0.638. The zero-order valence-electron chi connectivity index (χ0n) is 17.5. The van der Waals surface area contributed by atoms with E-state index in [0.29, 0.717) is 5.56 Å². The van der Waals surface area contributed by atoms with Crippen molar-refractivity contribution >= 4 is 39.2 Å². The van der Waals surface area contributed by atoms with Crippen LogP contribution in [0.3, 0.4) is 0 Å². The lowest BCUT2D eigenvalue weighted by Gasteiger charge is -2.26. The van der Waals surface area contributed by atoms with E-state index in [4.69, 9.17) is 36.5 Å². The third-order valence-electron chi connectivity index (χ3n) is 4.58. The number of hydrogen-bond acceptors (Lipinski definition) is 6. The molecule has 10 heteroatoms. The minimum atomic E-state index is -4.22. The first-order chi connectivity index (χ1) is 15.1. The quantitative estimate of drug-likeness (QED) is 0.386. The van der Waals surface area contributed by atoms with Gasteiger partial charge in [-0.15, -0.1) is 0 Å². The van der Waals surface area contributed by atoms with Gasteiger partial charge in [0.1, 0.15) is 4.90 Å². The van der Waals surface area contributed by atoms with Gasteiger partial charge in [0.25, 0.3) is 5.91 Å². The van der Waals surface area contributed by atoms with E-state index in [0.717, 1.165) is 0 Å². The summed E-state index contributed by atoms with van der Waals surface area (Å²) in [4.78, 5) is 14.2. The number of rotatable bonds is 8. The number of ether oxygens (including phenoxy) is 1. The summed E-state index contributed by atoms with van der Waals surface area (Å²) in [7, 11) is -2.82. The maximum atomic E-state index is 12.8. The van der Waals surface area contributed by atoms with Crippen molar-refractivity contribution < 1.29 is 26.5 Å². The molecular weight excluding hydrogens is 477 g/mol. The molecule has 7 nitrogen and oxygen atoms in total. The van der Waals surface area contributed by atoms with Crippen molar-refractivity contribution in [3.05, 3.63) is 76.2 Å². The zero-order valence-corrected chi connectivity index (χ0v) is 19.9. The van der Waals surface area contributed by atoms with Crippen LogP contribution in [-0.4, -0.2) is 32.4 Å². The van der Waals surface area contributed by atoms with Crippen molar-refractivity contribution in [1.29, 1.82) is 0 Å². The molecule has 0 spiro atoms. The van der Waals surface area contributed by atoms with Crippen LogP contribution in [0.1, 0.15) is 30.0 Å². The van der Waals surface area contributed by atoms with Crippen molar-refractivity contribution in [1.82, 2.24) is 4.90 Å². The summed E-state index contributed by atoms with van der Waals surface area (Å²) in [6.45, 7) is 3.94. The molecule has 170 valence electrons. The summed E-state index contributed by atoms with van der Waals surface area (Å²) in [6, 6.07) is 11.8. The average molecular weight is 498 g/mol. The molecule has 1 heterocycles. The van der Waals surface area contributed by atoms with Crippen molar-refractivity contribution in [3.63, 3.8) is 0 Å². The van der Waals surface area contributed by atoms with E-state index < -0.39 is 10.1 Å². The molecule has 0 aliphatic rings. The lowest BCUT2D eigenvalue weighted by Crippen LogP contribution is -2.36. The number of carbonyl (C=O) groups excluding carboxylic acids is 1. The molecular formula is C22H21Cl2NO6S. The smallest absolute Gasteiger partial charge is 0.339 e. The molecule has 0 aliphatic heterocycles. The van der Waals surface area contributed by atoms with Gasteiger partial charge in [0.05, 0.1) is 23.4 Å². The molecule has 0 N–H and O–H groups in total. The van der Waals surface area contributed by atoms with Crippen LogP contribution in [0.15, 0.2) is 64.1 Å². The minimum absolute atomic E-state index is 0.0229. The summed E-state index contributed by atoms with van der Waals surface area (Å²) in [6.07, 6.45) is 1.43. The zero-order chi connectivity index (χ0) is 23.5. The first-order valence-electron chi connectivity index (χ1n) is 9.53. The fraction of sp³-hybridized carbons (Fsp3) is 0.227. The van der Waals surface area contributed by atoms with E-state index in [1.54, 1.807) is 29.2 Å². The molecule has 0 saturated carbocycles. The van der Waals surface area contributed by atoms with Crippen molar-refractivity contribution in [2.75, 3.05) is 7.11 Å². The van der Waals surface area contributed by atoms with E-state index in [1.165, 1.54) is 37.6 Å². The fourth-order valence-corrected chi connectivity index (χ4v) is 4.23. The molecule has 0 atom stereocenters. The summed E-state index contributed by atoms with van der Waals surface area (Å²) >= 11 is 11.8. The number of benzene rings is 2. The van der Waals surface area contributed by atoms with Gasteiger partial charge in [-0.05, 0) is 61.9 Å². The third-order valence-corrected chi connectivity index (χ3v) is 6.55. The Labute approximate surface area is 196 Å². The molecule has 1 aromatic heterocycles. The van der Waals surface area contributed by atoms with Crippen LogP contribution in [0.25, 0.3) is 0 Å². The molecule has 2 aromatic carbocycles. The second kappa shape index (κ2) is 9.85. The monoisotopic (exact) mass is 497 g/mol. The second-order valence-corrected chi connectivity index (χ2v) is 9.46. The normalized spacial score (nSPS) is 11.4. The van der Waals surface area contributed by atoms with Gasteiger partial charge in [-0.2, -0.15) is 8.42 Å². The fourth-order valence-electron chi connectivity index (χ4n) is 2.91. The first kappa shape index (κ1) is 24.0. The first-order valence-corrected chi connectivity index (χ1v) is 11.7. The van der Waals surface area contributed by atoms with Gasteiger partial charge >= 0.3 is 10.1 Å². The summed E-state index contributed by atoms with van der Waals surface area (Å²) in [5, 5.41) is 0.307. The largest absolute Gasteiger partial charge is 0.493 e. The van der Waals surface area contributed by atoms with Gasteiger partial charge in [0.15, 0.2) is 17.3 Å². The third kappa shape index (κ3) is 5.38. The number of furan rings is 1. The predicted octanol–water partition coefficient (Wildman–Crippen LogP) is 5.41. The lowest BCUT2D eigenvalue weighted by molar-refractivity contribution is 0.0657. The van der Waals surface area contributed by atoms with Crippen LogP contribution < -0.4 is 8.92 Å². The lowest BCUT2D eigenvalue weighted by atomic mass is 10.1. The number of halogens is 2. The van der Waals surface area contributed by atoms with Crippen LogP contribution in [0.2, 0.25) is 10.0 Å². The molecule has 0 bridgehead atoms. The number of carbonyl (C=O) groups is 1. The predicted molar refractivity (Wildman–Crippen MR) is 121 cm³/mol. The Bertz CT molecular complexity index is 1210. The maximum absolute atomic E-state index is 12.8. The summed E-state index contributed by atoms with van der Waals surface area (Å²) < 4.78 is 41.4. The van der Waals surface area contributed by atoms with Crippen LogP contribution in [0.5, 0.6) is 11.5 Å². The molecule has 3 aromatic rings. The number of nitrogens with zero attached hydrogens (tertiary/aromatic N) is 1. The van der Waals surface area contributed by atoms with E-state index in [1.807, 2.05) is 13.8 Å². The Morgan fingerprint density at radius 3 is 2.41 bits per heavy atom. The van der Waals surface area contributed by atoms with Gasteiger partial charge in [-0.3, -0.25) is 4.79 Å². The molecule has 0 fully saturated rings. The molecule has 0 saturated heterocycles. The van der Waals surface area contributed by atoms with Gasteiger partial charge in [0, 0.05) is 12.6 Å². The van der Waals surface area contributed by atoms with Crippen molar-refractivity contribution in [2.45, 2.75) is 31.3 Å². The van der Waals surface area contributed by atoms with Gasteiger partial charge in [-0.25, -0.2) is 0 Å². The van der Waals surface area contributed by atoms with Crippen molar-refractivity contribution in [2.24, 2.45) is 0 Å². The van der Waals surface area contributed by atoms with Crippen LogP contribution >= 0.6 is 23.2 Å². The molecule has 3 rings (SSSR count). The van der Waals surface area contributed by atoms with E-state index in [-0.39, 0.29) is 50.7 Å². The highest BCUT2D eigenvalue weighted by Crippen LogP contribution is 2.33. The standard InChI is InChI=1S/C22H21Cl2NO6S/c1-14(2)25(22(26)20-5-4-10-30-20)13-15-6-9-19(29-3)21(11-15)31-32(27,28)16-7-8-17(23)18(24)12-16/h4-12,14H,13H2,1-3H3. The summed E-state index contributed by atoms with van der Waals surface area (Å²) in [5.74, 6) is 0.119. The highest BCUT2D eigenvalue weighted by Gasteiger charge is 2.24. The van der Waals surface area contributed by atoms with Gasteiger partial charge in [0.2, 0.25) is 0 Å². The number of methoxy groups -OCH3 is 1. The van der Waals surface area contributed by atoms with E-state index >= 15 is 0 Å². The highest BCUT2D eigenvalue weighted by atomic mass is 35.5. The molecule has 1 amide bonds.